The number of hydroxylamine groups is 1. The molecular formula is C32H37F2N7O4. The summed E-state index contributed by atoms with van der Waals surface area (Å²) >= 11 is 0. The minimum absolute atomic E-state index is 0.315. The molecule has 1 unspecified atom stereocenters. The number of hydrogen-bond donors (Lipinski definition) is 2. The van der Waals surface area contributed by atoms with Crippen molar-refractivity contribution in [3.63, 3.8) is 0 Å². The van der Waals surface area contributed by atoms with E-state index in [2.05, 4.69) is 37.0 Å². The Bertz CT molecular complexity index is 1530. The predicted molar refractivity (Wildman–Crippen MR) is 167 cm³/mol. The van der Waals surface area contributed by atoms with Gasteiger partial charge in [-0.1, -0.05) is 12.6 Å². The molecular weight excluding hydrogens is 584 g/mol. The molecule has 0 aliphatic carbocycles. The van der Waals surface area contributed by atoms with Gasteiger partial charge in [0.2, 0.25) is 5.91 Å². The minimum atomic E-state index is -0.646. The fourth-order valence-electron chi connectivity index (χ4n) is 6.18. The molecule has 6 rings (SSSR count). The van der Waals surface area contributed by atoms with Gasteiger partial charge in [0.25, 0.3) is 0 Å². The SMILES string of the molecule is C=CC(=O)Nc1cc(Nc2cc(N3OCCC3c3ccc(F)cc3F)ncn2)c(OC)cc1N1CCN(C2CCOCC2)CC1. The van der Waals surface area contributed by atoms with Crippen molar-refractivity contribution in [2.75, 3.05) is 73.7 Å². The summed E-state index contributed by atoms with van der Waals surface area (Å²) in [7, 11) is 1.58. The number of halogens is 2. The van der Waals surface area contributed by atoms with Crippen LogP contribution in [-0.4, -0.2) is 79.9 Å². The zero-order valence-electron chi connectivity index (χ0n) is 25.2. The molecule has 3 aliphatic rings. The molecule has 45 heavy (non-hydrogen) atoms. The van der Waals surface area contributed by atoms with Gasteiger partial charge in [-0.05, 0) is 31.1 Å². The summed E-state index contributed by atoms with van der Waals surface area (Å²) in [4.78, 5) is 31.8. The van der Waals surface area contributed by atoms with Gasteiger partial charge >= 0.3 is 0 Å². The summed E-state index contributed by atoms with van der Waals surface area (Å²) in [6, 6.07) is 8.95. The lowest BCUT2D eigenvalue weighted by molar-refractivity contribution is -0.111. The molecule has 2 aromatic carbocycles. The van der Waals surface area contributed by atoms with Crippen LogP contribution >= 0.6 is 0 Å². The Labute approximate surface area is 260 Å². The maximum atomic E-state index is 14.6. The molecule has 0 radical (unpaired) electrons. The summed E-state index contributed by atoms with van der Waals surface area (Å²) < 4.78 is 39.5. The number of amides is 1. The van der Waals surface area contributed by atoms with Gasteiger partial charge in [0.15, 0.2) is 5.82 Å². The van der Waals surface area contributed by atoms with E-state index in [0.717, 1.165) is 64.0 Å². The highest BCUT2D eigenvalue weighted by molar-refractivity contribution is 6.02. The fourth-order valence-corrected chi connectivity index (χ4v) is 6.18. The first-order valence-corrected chi connectivity index (χ1v) is 15.1. The Morgan fingerprint density at radius 3 is 2.56 bits per heavy atom. The maximum Gasteiger partial charge on any atom is 0.247 e. The van der Waals surface area contributed by atoms with Gasteiger partial charge in [-0.3, -0.25) is 14.5 Å². The van der Waals surface area contributed by atoms with Crippen molar-refractivity contribution in [2.24, 2.45) is 0 Å². The van der Waals surface area contributed by atoms with E-state index in [0.29, 0.717) is 53.4 Å². The van der Waals surface area contributed by atoms with E-state index in [1.54, 1.807) is 13.2 Å². The molecule has 2 N–H and O–H groups in total. The van der Waals surface area contributed by atoms with Crippen LogP contribution < -0.4 is 25.3 Å². The van der Waals surface area contributed by atoms with Crippen molar-refractivity contribution < 1.29 is 27.9 Å². The lowest BCUT2D eigenvalue weighted by Crippen LogP contribution is -2.51. The van der Waals surface area contributed by atoms with Crippen molar-refractivity contribution in [1.29, 1.82) is 0 Å². The van der Waals surface area contributed by atoms with Crippen molar-refractivity contribution in [3.8, 4) is 5.75 Å². The van der Waals surface area contributed by atoms with Crippen LogP contribution in [0.1, 0.15) is 30.9 Å². The Kier molecular flexibility index (Phi) is 9.38. The molecule has 13 heteroatoms. The number of carbonyl (C=O) groups is 1. The van der Waals surface area contributed by atoms with Crippen molar-refractivity contribution >= 4 is 34.6 Å². The summed E-state index contributed by atoms with van der Waals surface area (Å²) in [5.74, 6) is -0.245. The number of nitrogens with zero attached hydrogens (tertiary/aromatic N) is 5. The zero-order chi connectivity index (χ0) is 31.3. The van der Waals surface area contributed by atoms with Crippen LogP contribution in [0.3, 0.4) is 0 Å². The van der Waals surface area contributed by atoms with E-state index in [9.17, 15) is 13.6 Å². The molecule has 3 saturated heterocycles. The van der Waals surface area contributed by atoms with E-state index in [1.165, 1.54) is 29.6 Å². The highest BCUT2D eigenvalue weighted by Crippen LogP contribution is 2.40. The number of rotatable bonds is 9. The minimum Gasteiger partial charge on any atom is -0.494 e. The number of nitrogens with one attached hydrogen (secondary N) is 2. The topological polar surface area (TPSA) is 104 Å². The molecule has 3 aromatic rings. The highest BCUT2D eigenvalue weighted by Gasteiger charge is 2.32. The molecule has 3 aliphatic heterocycles. The van der Waals surface area contributed by atoms with Gasteiger partial charge in [0.1, 0.15) is 29.5 Å². The summed E-state index contributed by atoms with van der Waals surface area (Å²) in [5, 5.41) is 7.74. The number of aromatic nitrogens is 2. The summed E-state index contributed by atoms with van der Waals surface area (Å²) in [5.41, 5.74) is 2.33. The lowest BCUT2D eigenvalue weighted by Gasteiger charge is -2.42. The van der Waals surface area contributed by atoms with Gasteiger partial charge in [-0.15, -0.1) is 0 Å². The van der Waals surface area contributed by atoms with E-state index in [-0.39, 0.29) is 5.91 Å². The molecule has 0 spiro atoms. The van der Waals surface area contributed by atoms with E-state index in [4.69, 9.17) is 14.3 Å². The van der Waals surface area contributed by atoms with Crippen LogP contribution in [0, 0.1) is 11.6 Å². The average Bonchev–Trinajstić information content (AvgIpc) is 3.55. The average molecular weight is 622 g/mol. The van der Waals surface area contributed by atoms with Gasteiger partial charge in [0, 0.05) is 75.6 Å². The van der Waals surface area contributed by atoms with Gasteiger partial charge < -0.3 is 25.0 Å². The zero-order valence-corrected chi connectivity index (χ0v) is 25.2. The number of hydrogen-bond acceptors (Lipinski definition) is 10. The number of methoxy groups -OCH3 is 1. The fraction of sp³-hybridized carbons (Fsp3) is 0.406. The third kappa shape index (κ3) is 6.85. The van der Waals surface area contributed by atoms with Crippen LogP contribution in [0.15, 0.2) is 55.4 Å². The van der Waals surface area contributed by atoms with Crippen molar-refractivity contribution in [1.82, 2.24) is 14.9 Å². The largest absolute Gasteiger partial charge is 0.494 e. The van der Waals surface area contributed by atoms with Crippen LogP contribution in [0.5, 0.6) is 5.75 Å². The first-order valence-electron chi connectivity index (χ1n) is 15.1. The summed E-state index contributed by atoms with van der Waals surface area (Å²) in [6.07, 6.45) is 5.20. The van der Waals surface area contributed by atoms with Crippen LogP contribution in [0.25, 0.3) is 0 Å². The van der Waals surface area contributed by atoms with Crippen molar-refractivity contribution in [3.05, 3.63) is 72.6 Å². The van der Waals surface area contributed by atoms with Gasteiger partial charge in [0.05, 0.1) is 36.8 Å². The Balaban J connectivity index is 1.24. The number of anilines is 5. The molecule has 0 bridgehead atoms. The van der Waals surface area contributed by atoms with E-state index in [1.807, 2.05) is 12.1 Å². The molecule has 1 amide bonds. The number of piperazine rings is 1. The van der Waals surface area contributed by atoms with Crippen molar-refractivity contribution in [2.45, 2.75) is 31.3 Å². The Hall–Kier alpha value is -4.33. The van der Waals surface area contributed by atoms with Gasteiger partial charge in [-0.25, -0.2) is 23.8 Å². The number of carbonyl (C=O) groups excluding carboxylic acids is 1. The smallest absolute Gasteiger partial charge is 0.247 e. The first-order chi connectivity index (χ1) is 21.9. The molecule has 1 aromatic heterocycles. The molecule has 0 saturated carbocycles. The molecule has 3 fully saturated rings. The van der Waals surface area contributed by atoms with Crippen LogP contribution in [0.2, 0.25) is 0 Å². The number of benzene rings is 2. The monoisotopic (exact) mass is 621 g/mol. The second kappa shape index (κ2) is 13.8. The van der Waals surface area contributed by atoms with E-state index < -0.39 is 17.7 Å². The van der Waals surface area contributed by atoms with Crippen LogP contribution in [-0.2, 0) is 14.4 Å². The number of ether oxygens (including phenoxy) is 2. The predicted octanol–water partition coefficient (Wildman–Crippen LogP) is 4.82. The second-order valence-corrected chi connectivity index (χ2v) is 11.1. The lowest BCUT2D eigenvalue weighted by atomic mass is 10.0. The molecule has 4 heterocycles. The quantitative estimate of drug-likeness (QED) is 0.324. The molecule has 1 atom stereocenters. The molecule has 238 valence electrons. The normalized spacial score (nSPS) is 19.4. The Morgan fingerprint density at radius 2 is 1.82 bits per heavy atom. The first kappa shape index (κ1) is 30.7. The molecule has 11 nitrogen and oxygen atoms in total. The third-order valence-electron chi connectivity index (χ3n) is 8.49. The highest BCUT2D eigenvalue weighted by atomic mass is 19.1. The Morgan fingerprint density at radius 1 is 1.02 bits per heavy atom. The van der Waals surface area contributed by atoms with Crippen LogP contribution in [0.4, 0.5) is 37.5 Å². The second-order valence-electron chi connectivity index (χ2n) is 11.1. The summed E-state index contributed by atoms with van der Waals surface area (Å²) in [6.45, 7) is 8.98. The maximum absolute atomic E-state index is 14.6. The van der Waals surface area contributed by atoms with E-state index >= 15 is 0 Å². The van der Waals surface area contributed by atoms with Gasteiger partial charge in [-0.2, -0.15) is 0 Å². The third-order valence-corrected chi connectivity index (χ3v) is 8.49. The standard InChI is InChI=1S/C32H37F2N7O4/c1-3-32(42)38-25-17-26(29(43-2)18-28(25)40-11-9-39(10-12-40)22-6-13-44-14-7-22)37-30-19-31(36-20-35-30)41-27(8-15-45-41)23-5-4-21(33)16-24(23)34/h3-5,16-20,22,27H,1,6-15H2,2H3,(H,38,42)(H,35,36,37).